The molecule has 1 aliphatic heterocycles. The summed E-state index contributed by atoms with van der Waals surface area (Å²) in [5, 5.41) is 9.21. The first-order valence-corrected chi connectivity index (χ1v) is 11.7. The Balaban J connectivity index is 1.68. The molecule has 0 bridgehead atoms. The second-order valence-corrected chi connectivity index (χ2v) is 10.8. The number of ether oxygens (including phenoxy) is 1. The highest BCUT2D eigenvalue weighted by Gasteiger charge is 2.41. The number of halogens is 1. The monoisotopic (exact) mass is 440 g/mol. The molecule has 0 fully saturated rings. The number of nitriles is 1. The summed E-state index contributed by atoms with van der Waals surface area (Å²) in [6.07, 6.45) is 6.17. The molecule has 4 nitrogen and oxygen atoms in total. The molecule has 0 amide bonds. The van der Waals surface area contributed by atoms with Crippen LogP contribution in [0.25, 0.3) is 0 Å². The minimum Gasteiger partial charge on any atom is -0.361 e. The standard InChI is InChI=1S/C25H29FN2O2S/c1-24(2,3)31(29)28-15-7-5-4-6-14-25(21-9-11-22(26)12-10-21)23-13-8-19(17-27)16-20(23)18-30-25/h8-13,15-16H,4-7,14,18H2,1-3H3/b28-15+. The van der Waals surface area contributed by atoms with E-state index in [1.165, 1.54) is 12.1 Å². The predicted molar refractivity (Wildman–Crippen MR) is 123 cm³/mol. The fraction of sp³-hybridized carbons (Fsp3) is 0.440. The van der Waals surface area contributed by atoms with Gasteiger partial charge in [0.15, 0.2) is 0 Å². The first-order valence-electron chi connectivity index (χ1n) is 10.6. The molecule has 0 saturated heterocycles. The summed E-state index contributed by atoms with van der Waals surface area (Å²) in [6.45, 7) is 6.17. The van der Waals surface area contributed by atoms with Crippen LogP contribution in [0.3, 0.4) is 0 Å². The SMILES string of the molecule is CC(C)(C)S(=O)/N=C/CCCCCC1(c2ccc(F)cc2)OCc2cc(C#N)ccc21. The first kappa shape index (κ1) is 23.3. The summed E-state index contributed by atoms with van der Waals surface area (Å²) in [7, 11) is -1.21. The average Bonchev–Trinajstić information content (AvgIpc) is 3.11. The van der Waals surface area contributed by atoms with Gasteiger partial charge < -0.3 is 4.74 Å². The molecule has 3 rings (SSSR count). The van der Waals surface area contributed by atoms with E-state index in [2.05, 4.69) is 10.5 Å². The Morgan fingerprint density at radius 1 is 1.19 bits per heavy atom. The quantitative estimate of drug-likeness (QED) is 0.376. The van der Waals surface area contributed by atoms with Crippen LogP contribution in [0.4, 0.5) is 4.39 Å². The molecule has 0 saturated carbocycles. The van der Waals surface area contributed by atoms with Gasteiger partial charge in [-0.25, -0.2) is 8.60 Å². The predicted octanol–water partition coefficient (Wildman–Crippen LogP) is 5.95. The molecule has 2 atom stereocenters. The highest BCUT2D eigenvalue weighted by atomic mass is 32.2. The lowest BCUT2D eigenvalue weighted by molar-refractivity contribution is -0.0134. The molecule has 0 aliphatic carbocycles. The zero-order chi connectivity index (χ0) is 22.5. The third kappa shape index (κ3) is 5.47. The number of benzene rings is 2. The molecule has 164 valence electrons. The fourth-order valence-corrected chi connectivity index (χ4v) is 4.39. The van der Waals surface area contributed by atoms with E-state index in [1.54, 1.807) is 18.3 Å². The van der Waals surface area contributed by atoms with Crippen LogP contribution in [0.1, 0.15) is 75.1 Å². The minimum atomic E-state index is -1.21. The summed E-state index contributed by atoms with van der Waals surface area (Å²) < 4.78 is 35.6. The maximum absolute atomic E-state index is 13.5. The molecule has 2 unspecified atom stereocenters. The molecule has 0 N–H and O–H groups in total. The Morgan fingerprint density at radius 2 is 1.94 bits per heavy atom. The van der Waals surface area contributed by atoms with Crippen LogP contribution in [0.5, 0.6) is 0 Å². The van der Waals surface area contributed by atoms with Crippen molar-refractivity contribution in [3.8, 4) is 6.07 Å². The van der Waals surface area contributed by atoms with Crippen LogP contribution in [0.2, 0.25) is 0 Å². The Hall–Kier alpha value is -2.36. The number of rotatable bonds is 8. The molecular weight excluding hydrogens is 411 g/mol. The van der Waals surface area contributed by atoms with Crippen molar-refractivity contribution in [1.82, 2.24) is 0 Å². The van der Waals surface area contributed by atoms with E-state index in [0.29, 0.717) is 12.2 Å². The summed E-state index contributed by atoms with van der Waals surface area (Å²) in [5.41, 5.74) is 2.99. The van der Waals surface area contributed by atoms with Crippen LogP contribution in [-0.4, -0.2) is 15.2 Å². The van der Waals surface area contributed by atoms with Crippen molar-refractivity contribution in [1.29, 1.82) is 5.26 Å². The smallest absolute Gasteiger partial charge is 0.144 e. The lowest BCUT2D eigenvalue weighted by atomic mass is 9.81. The van der Waals surface area contributed by atoms with E-state index in [9.17, 15) is 13.9 Å². The minimum absolute atomic E-state index is 0.274. The van der Waals surface area contributed by atoms with Gasteiger partial charge in [0.25, 0.3) is 0 Å². The maximum atomic E-state index is 13.5. The van der Waals surface area contributed by atoms with Gasteiger partial charge in [0.2, 0.25) is 0 Å². The van der Waals surface area contributed by atoms with Crippen LogP contribution in [0.15, 0.2) is 46.9 Å². The van der Waals surface area contributed by atoms with Gasteiger partial charge in [-0.3, -0.25) is 0 Å². The molecule has 0 spiro atoms. The number of hydrogen-bond acceptors (Lipinski definition) is 3. The summed E-state index contributed by atoms with van der Waals surface area (Å²) in [4.78, 5) is 0. The van der Waals surface area contributed by atoms with Gasteiger partial charge in [-0.2, -0.15) is 9.66 Å². The topological polar surface area (TPSA) is 62.4 Å². The molecule has 1 aliphatic rings. The normalized spacial score (nSPS) is 19.3. The Bertz CT molecular complexity index is 1010. The van der Waals surface area contributed by atoms with Crippen molar-refractivity contribution < 1.29 is 13.3 Å². The van der Waals surface area contributed by atoms with Crippen LogP contribution in [0, 0.1) is 17.1 Å². The first-order chi connectivity index (χ1) is 14.8. The molecule has 2 aromatic carbocycles. The second kappa shape index (κ2) is 9.84. The Labute approximate surface area is 186 Å². The number of hydrogen-bond donors (Lipinski definition) is 0. The van der Waals surface area contributed by atoms with E-state index in [4.69, 9.17) is 4.74 Å². The zero-order valence-electron chi connectivity index (χ0n) is 18.4. The van der Waals surface area contributed by atoms with Crippen molar-refractivity contribution >= 4 is 17.2 Å². The van der Waals surface area contributed by atoms with Crippen LogP contribution >= 0.6 is 0 Å². The maximum Gasteiger partial charge on any atom is 0.144 e. The van der Waals surface area contributed by atoms with Gasteiger partial charge in [0.05, 0.1) is 23.0 Å². The van der Waals surface area contributed by atoms with Gasteiger partial charge >= 0.3 is 0 Å². The van der Waals surface area contributed by atoms with Crippen LogP contribution < -0.4 is 0 Å². The van der Waals surface area contributed by atoms with Gasteiger partial charge in [-0.15, -0.1) is 0 Å². The highest BCUT2D eigenvalue weighted by molar-refractivity contribution is 7.85. The molecule has 2 aromatic rings. The van der Waals surface area contributed by atoms with E-state index in [0.717, 1.165) is 48.8 Å². The van der Waals surface area contributed by atoms with Gasteiger partial charge in [-0.1, -0.05) is 24.6 Å². The van der Waals surface area contributed by atoms with Gasteiger partial charge in [0.1, 0.15) is 22.4 Å². The highest BCUT2D eigenvalue weighted by Crippen LogP contribution is 2.45. The van der Waals surface area contributed by atoms with Crippen molar-refractivity contribution in [3.05, 3.63) is 70.5 Å². The number of nitrogens with zero attached hydrogens (tertiary/aromatic N) is 2. The van der Waals surface area contributed by atoms with Crippen molar-refractivity contribution in [2.75, 3.05) is 0 Å². The second-order valence-electron chi connectivity index (χ2n) is 8.86. The Morgan fingerprint density at radius 3 is 2.61 bits per heavy atom. The number of fused-ring (bicyclic) bond motifs is 1. The molecule has 6 heteroatoms. The summed E-state index contributed by atoms with van der Waals surface area (Å²) >= 11 is 0. The largest absolute Gasteiger partial charge is 0.361 e. The third-order valence-electron chi connectivity index (χ3n) is 5.51. The molecule has 1 heterocycles. The third-order valence-corrected chi connectivity index (χ3v) is 6.90. The van der Waals surface area contributed by atoms with Gasteiger partial charge in [-0.05, 0) is 87.4 Å². The van der Waals surface area contributed by atoms with Crippen molar-refractivity contribution in [2.24, 2.45) is 4.40 Å². The van der Waals surface area contributed by atoms with E-state index < -0.39 is 16.6 Å². The van der Waals surface area contributed by atoms with Crippen LogP contribution in [-0.2, 0) is 27.9 Å². The van der Waals surface area contributed by atoms with E-state index in [-0.39, 0.29) is 10.6 Å². The van der Waals surface area contributed by atoms with Gasteiger partial charge in [0, 0.05) is 6.21 Å². The lowest BCUT2D eigenvalue weighted by Crippen LogP contribution is -2.27. The number of unbranched alkanes of at least 4 members (excludes halogenated alkanes) is 3. The van der Waals surface area contributed by atoms with Crippen molar-refractivity contribution in [2.45, 2.75) is 69.8 Å². The molecular formula is C25H29FN2O2S. The Kier molecular flexibility index (Phi) is 7.40. The fourth-order valence-electron chi connectivity index (χ4n) is 3.83. The summed E-state index contributed by atoms with van der Waals surface area (Å²) in [5.74, 6) is -0.274. The molecule has 31 heavy (non-hydrogen) atoms. The van der Waals surface area contributed by atoms with E-state index >= 15 is 0 Å². The summed E-state index contributed by atoms with van der Waals surface area (Å²) in [6, 6.07) is 14.4. The average molecular weight is 441 g/mol. The van der Waals surface area contributed by atoms with Crippen molar-refractivity contribution in [3.63, 3.8) is 0 Å². The van der Waals surface area contributed by atoms with E-state index in [1.807, 2.05) is 39.0 Å². The molecule has 0 radical (unpaired) electrons. The molecule has 0 aromatic heterocycles. The zero-order valence-corrected chi connectivity index (χ0v) is 19.2. The lowest BCUT2D eigenvalue weighted by Gasteiger charge is -2.30.